The minimum absolute atomic E-state index is 0.593. The van der Waals surface area contributed by atoms with Crippen LogP contribution in [0.2, 0.25) is 0 Å². The quantitative estimate of drug-likeness (QED) is 0.828. The molecule has 3 rings (SSSR count). The molecule has 2 aliphatic heterocycles. The van der Waals surface area contributed by atoms with Gasteiger partial charge in [0.2, 0.25) is 0 Å². The molecule has 0 saturated carbocycles. The van der Waals surface area contributed by atoms with Gasteiger partial charge in [-0.3, -0.25) is 9.80 Å². The van der Waals surface area contributed by atoms with Gasteiger partial charge in [0.1, 0.15) is 0 Å². The van der Waals surface area contributed by atoms with Gasteiger partial charge in [-0.1, -0.05) is 43.7 Å². The SMILES string of the molecule is CCC(c1ccccc1)N1CC2CCCCN2CC1C. The maximum atomic E-state index is 2.77. The lowest BCUT2D eigenvalue weighted by Gasteiger charge is -2.50. The van der Waals surface area contributed by atoms with Crippen molar-refractivity contribution in [2.24, 2.45) is 0 Å². The Morgan fingerprint density at radius 2 is 1.95 bits per heavy atom. The predicted octanol–water partition coefficient (Wildman–Crippen LogP) is 3.70. The number of piperazine rings is 1. The Hall–Kier alpha value is -0.860. The van der Waals surface area contributed by atoms with E-state index in [0.717, 1.165) is 6.04 Å². The predicted molar refractivity (Wildman–Crippen MR) is 84.9 cm³/mol. The Labute approximate surface area is 123 Å². The molecular weight excluding hydrogens is 244 g/mol. The molecule has 0 N–H and O–H groups in total. The Balaban J connectivity index is 1.77. The van der Waals surface area contributed by atoms with Crippen molar-refractivity contribution < 1.29 is 0 Å². The topological polar surface area (TPSA) is 6.48 Å². The zero-order valence-electron chi connectivity index (χ0n) is 13.0. The third kappa shape index (κ3) is 2.77. The number of benzene rings is 1. The average molecular weight is 272 g/mol. The molecule has 20 heavy (non-hydrogen) atoms. The molecule has 2 saturated heterocycles. The molecule has 3 atom stereocenters. The summed E-state index contributed by atoms with van der Waals surface area (Å²) in [5.74, 6) is 0. The van der Waals surface area contributed by atoms with Crippen LogP contribution in [-0.4, -0.2) is 41.5 Å². The van der Waals surface area contributed by atoms with Gasteiger partial charge in [0.15, 0.2) is 0 Å². The second-order valence-electron chi connectivity index (χ2n) is 6.53. The lowest BCUT2D eigenvalue weighted by Crippen LogP contribution is -2.59. The van der Waals surface area contributed by atoms with E-state index in [1.165, 1.54) is 50.9 Å². The third-order valence-electron chi connectivity index (χ3n) is 5.21. The summed E-state index contributed by atoms with van der Waals surface area (Å²) in [6.45, 7) is 8.58. The molecule has 0 radical (unpaired) electrons. The van der Waals surface area contributed by atoms with E-state index in [9.17, 15) is 0 Å². The van der Waals surface area contributed by atoms with Crippen molar-refractivity contribution in [2.45, 2.75) is 57.7 Å². The average Bonchev–Trinajstić information content (AvgIpc) is 2.49. The van der Waals surface area contributed by atoms with E-state index in [1.807, 2.05) is 0 Å². The van der Waals surface area contributed by atoms with Crippen molar-refractivity contribution in [2.75, 3.05) is 19.6 Å². The van der Waals surface area contributed by atoms with Crippen LogP contribution in [0.4, 0.5) is 0 Å². The van der Waals surface area contributed by atoms with E-state index in [1.54, 1.807) is 0 Å². The van der Waals surface area contributed by atoms with E-state index in [2.05, 4.69) is 54.0 Å². The summed E-state index contributed by atoms with van der Waals surface area (Å²) in [6, 6.07) is 13.2. The van der Waals surface area contributed by atoms with E-state index in [0.29, 0.717) is 12.1 Å². The molecule has 110 valence electrons. The molecule has 0 aromatic heterocycles. The molecule has 0 amide bonds. The zero-order valence-corrected chi connectivity index (χ0v) is 13.0. The summed E-state index contributed by atoms with van der Waals surface area (Å²) in [4.78, 5) is 5.50. The zero-order chi connectivity index (χ0) is 13.9. The Bertz CT molecular complexity index is 417. The summed E-state index contributed by atoms with van der Waals surface area (Å²) in [5.41, 5.74) is 1.49. The van der Waals surface area contributed by atoms with E-state index in [4.69, 9.17) is 0 Å². The van der Waals surface area contributed by atoms with Crippen molar-refractivity contribution in [3.05, 3.63) is 35.9 Å². The summed E-state index contributed by atoms with van der Waals surface area (Å²) >= 11 is 0. The standard InChI is InChI=1S/C18H28N2/c1-3-18(16-9-5-4-6-10-16)20-14-17-11-7-8-12-19(17)13-15(20)2/h4-6,9-10,15,17-18H,3,7-8,11-14H2,1-2H3. The van der Waals surface area contributed by atoms with E-state index >= 15 is 0 Å². The molecule has 0 aliphatic carbocycles. The lowest BCUT2D eigenvalue weighted by molar-refractivity contribution is -0.00946. The number of hydrogen-bond donors (Lipinski definition) is 0. The third-order valence-corrected chi connectivity index (χ3v) is 5.21. The van der Waals surface area contributed by atoms with Gasteiger partial charge >= 0.3 is 0 Å². The van der Waals surface area contributed by atoms with Gasteiger partial charge in [0, 0.05) is 31.2 Å². The summed E-state index contributed by atoms with van der Waals surface area (Å²) in [6.07, 6.45) is 5.43. The van der Waals surface area contributed by atoms with Crippen molar-refractivity contribution in [1.82, 2.24) is 9.80 Å². The molecule has 2 aliphatic rings. The minimum Gasteiger partial charge on any atom is -0.298 e. The Kier molecular flexibility index (Phi) is 4.42. The van der Waals surface area contributed by atoms with Gasteiger partial charge in [-0.05, 0) is 38.3 Å². The second-order valence-corrected chi connectivity index (χ2v) is 6.53. The largest absolute Gasteiger partial charge is 0.298 e. The van der Waals surface area contributed by atoms with Crippen LogP contribution in [0.5, 0.6) is 0 Å². The van der Waals surface area contributed by atoms with Crippen molar-refractivity contribution in [3.63, 3.8) is 0 Å². The fourth-order valence-electron chi connectivity index (χ4n) is 4.15. The Morgan fingerprint density at radius 3 is 2.70 bits per heavy atom. The van der Waals surface area contributed by atoms with Gasteiger partial charge in [-0.25, -0.2) is 0 Å². The first-order valence-electron chi connectivity index (χ1n) is 8.34. The first-order chi connectivity index (χ1) is 9.79. The second kappa shape index (κ2) is 6.28. The monoisotopic (exact) mass is 272 g/mol. The van der Waals surface area contributed by atoms with Gasteiger partial charge < -0.3 is 0 Å². The van der Waals surface area contributed by atoms with Crippen LogP contribution >= 0.6 is 0 Å². The van der Waals surface area contributed by atoms with Crippen LogP contribution in [0, 0.1) is 0 Å². The lowest BCUT2D eigenvalue weighted by atomic mass is 9.93. The van der Waals surface area contributed by atoms with Crippen LogP contribution in [-0.2, 0) is 0 Å². The Morgan fingerprint density at radius 1 is 1.15 bits per heavy atom. The molecule has 2 heterocycles. The van der Waals surface area contributed by atoms with E-state index < -0.39 is 0 Å². The first-order valence-corrected chi connectivity index (χ1v) is 8.34. The molecule has 0 spiro atoms. The molecule has 1 aromatic carbocycles. The number of fused-ring (bicyclic) bond motifs is 1. The highest BCUT2D eigenvalue weighted by molar-refractivity contribution is 5.19. The van der Waals surface area contributed by atoms with Crippen molar-refractivity contribution in [1.29, 1.82) is 0 Å². The highest BCUT2D eigenvalue weighted by Crippen LogP contribution is 2.32. The summed E-state index contributed by atoms with van der Waals surface area (Å²) in [5, 5.41) is 0. The fourth-order valence-corrected chi connectivity index (χ4v) is 4.15. The van der Waals surface area contributed by atoms with Gasteiger partial charge in [0.05, 0.1) is 0 Å². The molecule has 1 aromatic rings. The van der Waals surface area contributed by atoms with Gasteiger partial charge in [0.25, 0.3) is 0 Å². The maximum absolute atomic E-state index is 2.77. The fraction of sp³-hybridized carbons (Fsp3) is 0.667. The molecule has 2 nitrogen and oxygen atoms in total. The van der Waals surface area contributed by atoms with Crippen LogP contribution in [0.3, 0.4) is 0 Å². The molecule has 2 fully saturated rings. The molecular formula is C18H28N2. The highest BCUT2D eigenvalue weighted by Gasteiger charge is 2.35. The van der Waals surface area contributed by atoms with Crippen LogP contribution in [0.1, 0.15) is 51.1 Å². The molecule has 2 heteroatoms. The smallest absolute Gasteiger partial charge is 0.0349 e. The maximum Gasteiger partial charge on any atom is 0.0349 e. The van der Waals surface area contributed by atoms with E-state index in [-0.39, 0.29) is 0 Å². The molecule has 3 unspecified atom stereocenters. The van der Waals surface area contributed by atoms with Crippen LogP contribution in [0.15, 0.2) is 30.3 Å². The van der Waals surface area contributed by atoms with Crippen LogP contribution in [0.25, 0.3) is 0 Å². The number of nitrogens with zero attached hydrogens (tertiary/aromatic N) is 2. The summed E-state index contributed by atoms with van der Waals surface area (Å²) < 4.78 is 0. The minimum atomic E-state index is 0.593. The number of rotatable bonds is 3. The first kappa shape index (κ1) is 14.1. The summed E-state index contributed by atoms with van der Waals surface area (Å²) in [7, 11) is 0. The van der Waals surface area contributed by atoms with Crippen molar-refractivity contribution in [3.8, 4) is 0 Å². The van der Waals surface area contributed by atoms with Gasteiger partial charge in [-0.2, -0.15) is 0 Å². The van der Waals surface area contributed by atoms with Crippen LogP contribution < -0.4 is 0 Å². The van der Waals surface area contributed by atoms with Gasteiger partial charge in [-0.15, -0.1) is 0 Å². The highest BCUT2D eigenvalue weighted by atomic mass is 15.3. The number of piperidine rings is 1. The molecule has 0 bridgehead atoms. The number of hydrogen-bond acceptors (Lipinski definition) is 2. The normalized spacial score (nSPS) is 29.9. The van der Waals surface area contributed by atoms with Crippen molar-refractivity contribution >= 4 is 0 Å².